The van der Waals surface area contributed by atoms with E-state index in [1.54, 1.807) is 0 Å². The molecule has 0 bridgehead atoms. The van der Waals surface area contributed by atoms with Crippen LogP contribution in [0, 0.1) is 0 Å². The number of aromatic amines is 1. The molecule has 1 aromatic rings. The van der Waals surface area contributed by atoms with E-state index in [0.29, 0.717) is 31.5 Å². The van der Waals surface area contributed by atoms with Crippen LogP contribution < -0.4 is 5.32 Å². The third-order valence-electron chi connectivity index (χ3n) is 3.04. The van der Waals surface area contributed by atoms with Gasteiger partial charge in [0, 0.05) is 12.5 Å². The molecule has 1 amide bonds. The highest BCUT2D eigenvalue weighted by Crippen LogP contribution is 2.28. The summed E-state index contributed by atoms with van der Waals surface area (Å²) < 4.78 is 23.4. The molecule has 0 radical (unpaired) electrons. The lowest BCUT2D eigenvalue weighted by Gasteiger charge is -2.15. The summed E-state index contributed by atoms with van der Waals surface area (Å²) in [4.78, 5) is 11.7. The maximum atomic E-state index is 11.7. The first-order valence-corrected chi connectivity index (χ1v) is 7.96. The van der Waals surface area contributed by atoms with E-state index in [0.717, 1.165) is 0 Å². The smallest absolute Gasteiger partial charge is 0.235 e. The highest BCUT2D eigenvalue weighted by molar-refractivity contribution is 7.93. The molecule has 1 heterocycles. The van der Waals surface area contributed by atoms with Crippen LogP contribution >= 0.6 is 0 Å². The van der Waals surface area contributed by atoms with Gasteiger partial charge in [0.25, 0.3) is 0 Å². The number of sulfone groups is 1. The van der Waals surface area contributed by atoms with E-state index in [4.69, 9.17) is 0 Å². The van der Waals surface area contributed by atoms with Crippen molar-refractivity contribution in [2.45, 2.75) is 43.9 Å². The first-order valence-electron chi connectivity index (χ1n) is 6.24. The first kappa shape index (κ1) is 13.9. The summed E-state index contributed by atoms with van der Waals surface area (Å²) >= 11 is 0. The second-order valence-electron chi connectivity index (χ2n) is 4.71. The van der Waals surface area contributed by atoms with Crippen molar-refractivity contribution in [3.05, 3.63) is 5.82 Å². The van der Waals surface area contributed by atoms with Gasteiger partial charge in [0.05, 0.1) is 5.25 Å². The van der Waals surface area contributed by atoms with E-state index >= 15 is 0 Å². The Morgan fingerprint density at radius 3 is 2.79 bits per heavy atom. The van der Waals surface area contributed by atoms with Gasteiger partial charge in [-0.1, -0.05) is 12.1 Å². The van der Waals surface area contributed by atoms with Crippen molar-refractivity contribution in [1.29, 1.82) is 0 Å². The molecule has 1 aromatic heterocycles. The molecule has 106 valence electrons. The lowest BCUT2D eigenvalue weighted by molar-refractivity contribution is -0.119. The Labute approximate surface area is 111 Å². The second-order valence-corrected chi connectivity index (χ2v) is 6.99. The maximum absolute atomic E-state index is 11.7. The normalized spacial score (nSPS) is 17.1. The molecule has 0 saturated heterocycles. The number of nitrogens with one attached hydrogen (secondary N) is 2. The van der Waals surface area contributed by atoms with E-state index in [1.165, 1.54) is 0 Å². The van der Waals surface area contributed by atoms with E-state index in [9.17, 15) is 13.2 Å². The Morgan fingerprint density at radius 2 is 2.26 bits per heavy atom. The molecule has 1 aliphatic carbocycles. The number of carbonyl (C=O) groups excluding carboxylic acids is 1. The number of rotatable bonds is 7. The molecule has 0 spiro atoms. The minimum absolute atomic E-state index is 0.181. The van der Waals surface area contributed by atoms with E-state index < -0.39 is 21.5 Å². The predicted molar refractivity (Wildman–Crippen MR) is 66.9 cm³/mol. The van der Waals surface area contributed by atoms with Gasteiger partial charge < -0.3 is 5.32 Å². The van der Waals surface area contributed by atoms with Crippen molar-refractivity contribution in [3.63, 3.8) is 0 Å². The summed E-state index contributed by atoms with van der Waals surface area (Å²) in [6.45, 7) is 1.90. The Hall–Kier alpha value is -1.51. The van der Waals surface area contributed by atoms with Crippen molar-refractivity contribution < 1.29 is 13.2 Å². The van der Waals surface area contributed by atoms with E-state index in [1.807, 2.05) is 6.92 Å². The van der Waals surface area contributed by atoms with Crippen LogP contribution in [0.4, 0.5) is 0 Å². The molecule has 1 aliphatic rings. The van der Waals surface area contributed by atoms with Crippen LogP contribution in [0.2, 0.25) is 0 Å². The number of H-pyrrole nitrogens is 1. The average molecular weight is 287 g/mol. The molecule has 19 heavy (non-hydrogen) atoms. The van der Waals surface area contributed by atoms with Crippen LogP contribution in [0.15, 0.2) is 0 Å². The Balaban J connectivity index is 1.85. The number of hydrogen-bond acceptors (Lipinski definition) is 6. The van der Waals surface area contributed by atoms with E-state index in [-0.39, 0.29) is 11.3 Å². The minimum atomic E-state index is -3.26. The Bertz CT molecular complexity index is 523. The SMILES string of the molecule is CCC(Cc1nn[nH]n1)NC(=O)CS(=O)(=O)C1CC1. The lowest BCUT2D eigenvalue weighted by Crippen LogP contribution is -2.40. The van der Waals surface area contributed by atoms with Crippen LogP contribution in [-0.4, -0.2) is 52.0 Å². The van der Waals surface area contributed by atoms with Gasteiger partial charge in [-0.15, -0.1) is 10.2 Å². The third-order valence-corrected chi connectivity index (χ3v) is 5.19. The highest BCUT2D eigenvalue weighted by Gasteiger charge is 2.37. The lowest BCUT2D eigenvalue weighted by atomic mass is 10.1. The molecular weight excluding hydrogens is 270 g/mol. The Morgan fingerprint density at radius 1 is 1.53 bits per heavy atom. The van der Waals surface area contributed by atoms with Gasteiger partial charge in [-0.05, 0) is 19.3 Å². The Kier molecular flexibility index (Phi) is 4.13. The highest BCUT2D eigenvalue weighted by atomic mass is 32.2. The molecular formula is C10H17N5O3S. The molecule has 1 unspecified atom stereocenters. The first-order chi connectivity index (χ1) is 9.01. The summed E-state index contributed by atoms with van der Waals surface area (Å²) in [7, 11) is -3.26. The van der Waals surface area contributed by atoms with Crippen molar-refractivity contribution in [3.8, 4) is 0 Å². The number of hydrogen-bond donors (Lipinski definition) is 2. The molecule has 9 heteroatoms. The molecule has 2 N–H and O–H groups in total. The van der Waals surface area contributed by atoms with Gasteiger partial charge in [-0.25, -0.2) is 8.42 Å². The molecule has 1 atom stereocenters. The molecule has 0 aromatic carbocycles. The summed E-state index contributed by atoms with van der Waals surface area (Å²) in [6, 6.07) is -0.181. The van der Waals surface area contributed by atoms with Crippen LogP contribution in [0.3, 0.4) is 0 Å². The predicted octanol–water partition coefficient (Wildman–Crippen LogP) is -0.786. The zero-order valence-corrected chi connectivity index (χ0v) is 11.5. The van der Waals surface area contributed by atoms with E-state index in [2.05, 4.69) is 25.9 Å². The molecule has 2 rings (SSSR count). The fourth-order valence-corrected chi connectivity index (χ4v) is 3.32. The monoisotopic (exact) mass is 287 g/mol. The van der Waals surface area contributed by atoms with Crippen LogP contribution in [0.25, 0.3) is 0 Å². The molecule has 8 nitrogen and oxygen atoms in total. The summed E-state index contributed by atoms with van der Waals surface area (Å²) in [5.74, 6) is -0.389. The van der Waals surface area contributed by atoms with Crippen LogP contribution in [0.1, 0.15) is 32.0 Å². The van der Waals surface area contributed by atoms with Gasteiger partial charge in [0.1, 0.15) is 5.75 Å². The van der Waals surface area contributed by atoms with Gasteiger partial charge in [-0.2, -0.15) is 5.21 Å². The van der Waals surface area contributed by atoms with Crippen LogP contribution in [0.5, 0.6) is 0 Å². The van der Waals surface area contributed by atoms with Gasteiger partial charge in [-0.3, -0.25) is 4.79 Å². The maximum Gasteiger partial charge on any atom is 0.235 e. The van der Waals surface area contributed by atoms with Gasteiger partial charge in [0.2, 0.25) is 5.91 Å². The van der Waals surface area contributed by atoms with Gasteiger partial charge >= 0.3 is 0 Å². The minimum Gasteiger partial charge on any atom is -0.352 e. The van der Waals surface area contributed by atoms with Crippen LogP contribution in [-0.2, 0) is 21.1 Å². The zero-order valence-electron chi connectivity index (χ0n) is 10.7. The van der Waals surface area contributed by atoms with Crippen molar-refractivity contribution >= 4 is 15.7 Å². The molecule has 1 saturated carbocycles. The zero-order chi connectivity index (χ0) is 13.9. The molecule has 0 aliphatic heterocycles. The fourth-order valence-electron chi connectivity index (χ4n) is 1.78. The number of aromatic nitrogens is 4. The van der Waals surface area contributed by atoms with Crippen molar-refractivity contribution in [2.75, 3.05) is 5.75 Å². The second kappa shape index (κ2) is 5.64. The number of nitrogens with zero attached hydrogens (tertiary/aromatic N) is 3. The van der Waals surface area contributed by atoms with Crippen molar-refractivity contribution in [1.82, 2.24) is 25.9 Å². The summed E-state index contributed by atoms with van der Waals surface area (Å²) in [5, 5.41) is 15.8. The standard InChI is InChI=1S/C10H17N5O3S/c1-2-7(5-9-12-14-15-13-9)11-10(16)6-19(17,18)8-3-4-8/h7-8H,2-6H2,1H3,(H,11,16)(H,12,13,14,15). The average Bonchev–Trinajstić information content (AvgIpc) is 3.09. The topological polar surface area (TPSA) is 118 Å². The number of carbonyl (C=O) groups is 1. The largest absolute Gasteiger partial charge is 0.352 e. The molecule has 1 fully saturated rings. The summed E-state index contributed by atoms with van der Waals surface area (Å²) in [5.41, 5.74) is 0. The van der Waals surface area contributed by atoms with Crippen molar-refractivity contribution in [2.24, 2.45) is 0 Å². The quantitative estimate of drug-likeness (QED) is 0.679. The number of tetrazole rings is 1. The number of amides is 1. The fraction of sp³-hybridized carbons (Fsp3) is 0.800. The summed E-state index contributed by atoms with van der Waals surface area (Å²) in [6.07, 6.45) is 2.46. The van der Waals surface area contributed by atoms with Gasteiger partial charge in [0.15, 0.2) is 15.7 Å². The third kappa shape index (κ3) is 3.98.